The summed E-state index contributed by atoms with van der Waals surface area (Å²) >= 11 is 0. The van der Waals surface area contributed by atoms with Gasteiger partial charge in [0, 0.05) is 43.7 Å². The molecule has 6 unspecified atom stereocenters. The molecular formula is C44H53N3O4. The Morgan fingerprint density at radius 1 is 0.804 bits per heavy atom. The van der Waals surface area contributed by atoms with Crippen molar-refractivity contribution in [2.45, 2.75) is 91.2 Å². The lowest BCUT2D eigenvalue weighted by Crippen LogP contribution is -2.46. The Hall–Kier alpha value is -4.01. The number of hydrogen-bond donors (Lipinski definition) is 3. The molecule has 2 amide bonds. The second kappa shape index (κ2) is 14.9. The van der Waals surface area contributed by atoms with Crippen LogP contribution >= 0.6 is 0 Å². The standard InChI is InChI=1S/C44H53N3O4/c1-30-39(26-47-29-44(4)23-37(47)22-43(2,3)28-44)50-41(51-40(30)34-16-14-32(27-48)15-17-34)35-20-18-33(19-21-35)38-13-9-8-12-36(38)25-46-42(49)45-24-31-10-6-5-7-11-31/h5-21,30,37,39-41,48H,22-29H2,1-4H3,(H2,45,46,49). The van der Waals surface area contributed by atoms with Crippen molar-refractivity contribution in [1.29, 1.82) is 0 Å². The molecule has 7 rings (SSSR count). The van der Waals surface area contributed by atoms with Crippen LogP contribution in [0.3, 0.4) is 0 Å². The van der Waals surface area contributed by atoms with Crippen LogP contribution < -0.4 is 10.6 Å². The number of carbonyl (C=O) groups is 1. The second-order valence-corrected chi connectivity index (χ2v) is 16.3. The first-order valence-electron chi connectivity index (χ1n) is 18.6. The monoisotopic (exact) mass is 687 g/mol. The van der Waals surface area contributed by atoms with Crippen molar-refractivity contribution in [2.75, 3.05) is 13.1 Å². The van der Waals surface area contributed by atoms with Crippen molar-refractivity contribution in [2.24, 2.45) is 16.7 Å². The Morgan fingerprint density at radius 3 is 2.24 bits per heavy atom. The maximum Gasteiger partial charge on any atom is 0.315 e. The topological polar surface area (TPSA) is 83.1 Å². The number of nitrogens with zero attached hydrogens (tertiary/aromatic N) is 1. The van der Waals surface area contributed by atoms with Gasteiger partial charge in [0.1, 0.15) is 0 Å². The molecule has 2 bridgehead atoms. The number of rotatable bonds is 10. The predicted octanol–water partition coefficient (Wildman–Crippen LogP) is 8.54. The summed E-state index contributed by atoms with van der Waals surface area (Å²) in [5, 5.41) is 15.6. The molecule has 4 aromatic rings. The van der Waals surface area contributed by atoms with E-state index >= 15 is 0 Å². The first kappa shape index (κ1) is 35.4. The van der Waals surface area contributed by atoms with Gasteiger partial charge >= 0.3 is 6.03 Å². The van der Waals surface area contributed by atoms with Crippen molar-refractivity contribution in [3.05, 3.63) is 131 Å². The van der Waals surface area contributed by atoms with Crippen LogP contribution in [-0.2, 0) is 29.2 Å². The number of aliphatic hydroxyl groups excluding tert-OH is 1. The van der Waals surface area contributed by atoms with E-state index in [1.54, 1.807) is 0 Å². The summed E-state index contributed by atoms with van der Waals surface area (Å²) < 4.78 is 13.7. The fourth-order valence-corrected chi connectivity index (χ4v) is 9.14. The van der Waals surface area contributed by atoms with Gasteiger partial charge < -0.3 is 25.2 Å². The van der Waals surface area contributed by atoms with Crippen molar-refractivity contribution in [3.8, 4) is 11.1 Å². The van der Waals surface area contributed by atoms with Crippen molar-refractivity contribution in [3.63, 3.8) is 0 Å². The minimum atomic E-state index is -0.512. The largest absolute Gasteiger partial charge is 0.392 e. The van der Waals surface area contributed by atoms with Crippen LogP contribution in [0, 0.1) is 16.7 Å². The minimum Gasteiger partial charge on any atom is -0.392 e. The van der Waals surface area contributed by atoms with Gasteiger partial charge in [0.2, 0.25) is 0 Å². The number of carbonyl (C=O) groups excluding carboxylic acids is 1. The first-order valence-corrected chi connectivity index (χ1v) is 18.6. The van der Waals surface area contributed by atoms with Gasteiger partial charge in [0.05, 0.1) is 18.8 Å². The first-order chi connectivity index (χ1) is 24.6. The molecule has 2 saturated heterocycles. The Labute approximate surface area is 303 Å². The van der Waals surface area contributed by atoms with E-state index in [4.69, 9.17) is 9.47 Å². The summed E-state index contributed by atoms with van der Waals surface area (Å²) in [6.45, 7) is 12.5. The summed E-state index contributed by atoms with van der Waals surface area (Å²) in [5.74, 6) is 0.144. The third kappa shape index (κ3) is 8.23. The minimum absolute atomic E-state index is 0.00292. The van der Waals surface area contributed by atoms with E-state index in [1.807, 2.05) is 54.6 Å². The molecule has 2 aliphatic heterocycles. The smallest absolute Gasteiger partial charge is 0.315 e. The van der Waals surface area contributed by atoms with Gasteiger partial charge in [-0.1, -0.05) is 131 Å². The third-order valence-electron chi connectivity index (χ3n) is 11.3. The molecule has 0 aromatic heterocycles. The van der Waals surface area contributed by atoms with Crippen LogP contribution in [-0.4, -0.2) is 41.3 Å². The lowest BCUT2D eigenvalue weighted by atomic mass is 9.65. The number of urea groups is 1. The highest BCUT2D eigenvalue weighted by Crippen LogP contribution is 2.53. The molecule has 3 aliphatic rings. The Balaban J connectivity index is 1.07. The van der Waals surface area contributed by atoms with Gasteiger partial charge in [-0.05, 0) is 63.5 Å². The van der Waals surface area contributed by atoms with Crippen LogP contribution in [0.4, 0.5) is 4.79 Å². The molecule has 6 atom stereocenters. The lowest BCUT2D eigenvalue weighted by molar-refractivity contribution is -0.276. The molecule has 2 heterocycles. The van der Waals surface area contributed by atoms with E-state index < -0.39 is 6.29 Å². The average molecular weight is 688 g/mol. The zero-order chi connectivity index (χ0) is 35.6. The molecule has 7 heteroatoms. The maximum absolute atomic E-state index is 12.6. The van der Waals surface area contributed by atoms with Crippen molar-refractivity contribution >= 4 is 6.03 Å². The van der Waals surface area contributed by atoms with Crippen molar-refractivity contribution < 1.29 is 19.4 Å². The molecule has 1 aliphatic carbocycles. The summed E-state index contributed by atoms with van der Waals surface area (Å²) in [4.78, 5) is 15.3. The number of fused-ring (bicyclic) bond motifs is 2. The number of likely N-dealkylation sites (tertiary alicyclic amines) is 1. The summed E-state index contributed by atoms with van der Waals surface area (Å²) in [5.41, 5.74) is 7.94. The van der Waals surface area contributed by atoms with Gasteiger partial charge in [0.15, 0.2) is 6.29 Å². The van der Waals surface area contributed by atoms with Gasteiger partial charge in [-0.25, -0.2) is 4.79 Å². The summed E-state index contributed by atoms with van der Waals surface area (Å²) in [7, 11) is 0. The summed E-state index contributed by atoms with van der Waals surface area (Å²) in [6, 6.07) is 35.1. The molecular weight excluding hydrogens is 635 g/mol. The third-order valence-corrected chi connectivity index (χ3v) is 11.3. The van der Waals surface area contributed by atoms with Gasteiger partial charge in [0.25, 0.3) is 0 Å². The van der Waals surface area contributed by atoms with Crippen LogP contribution in [0.15, 0.2) is 103 Å². The SMILES string of the molecule is CC1C(CN2CC3(C)CC2CC(C)(C)C3)OC(c2ccc(-c3ccccc3CNC(=O)NCc3ccccc3)cc2)OC1c1ccc(CO)cc1. The molecule has 3 N–H and O–H groups in total. The highest BCUT2D eigenvalue weighted by molar-refractivity contribution is 5.75. The molecule has 268 valence electrons. The van der Waals surface area contributed by atoms with Gasteiger partial charge in [-0.15, -0.1) is 0 Å². The molecule has 0 radical (unpaired) electrons. The van der Waals surface area contributed by atoms with E-state index in [2.05, 4.69) is 91.8 Å². The number of aliphatic hydroxyl groups is 1. The molecule has 51 heavy (non-hydrogen) atoms. The van der Waals surface area contributed by atoms with E-state index in [0.29, 0.717) is 30.0 Å². The summed E-state index contributed by atoms with van der Waals surface area (Å²) in [6.07, 6.45) is 3.10. The van der Waals surface area contributed by atoms with E-state index in [9.17, 15) is 9.90 Å². The number of amides is 2. The van der Waals surface area contributed by atoms with E-state index in [-0.39, 0.29) is 30.8 Å². The van der Waals surface area contributed by atoms with E-state index in [0.717, 1.165) is 52.0 Å². The Bertz CT molecular complexity index is 1780. The number of hydrogen-bond acceptors (Lipinski definition) is 5. The Kier molecular flexibility index (Phi) is 10.4. The number of benzene rings is 4. The average Bonchev–Trinajstić information content (AvgIpc) is 3.38. The zero-order valence-corrected chi connectivity index (χ0v) is 30.5. The fraction of sp³-hybridized carbons (Fsp3) is 0.432. The number of ether oxygens (including phenoxy) is 2. The quantitative estimate of drug-likeness (QED) is 0.156. The predicted molar refractivity (Wildman–Crippen MR) is 201 cm³/mol. The van der Waals surface area contributed by atoms with Crippen LogP contribution in [0.25, 0.3) is 11.1 Å². The normalized spacial score (nSPS) is 27.2. The second-order valence-electron chi connectivity index (χ2n) is 16.3. The van der Waals surface area contributed by atoms with E-state index in [1.165, 1.54) is 19.3 Å². The number of nitrogens with one attached hydrogen (secondary N) is 2. The van der Waals surface area contributed by atoms with Gasteiger partial charge in [-0.3, -0.25) is 4.90 Å². The molecule has 0 spiro atoms. The molecule has 1 saturated carbocycles. The van der Waals surface area contributed by atoms with Gasteiger partial charge in [-0.2, -0.15) is 0 Å². The maximum atomic E-state index is 12.6. The molecule has 3 fully saturated rings. The lowest BCUT2D eigenvalue weighted by Gasteiger charge is -2.43. The highest BCUT2D eigenvalue weighted by atomic mass is 16.7. The molecule has 4 aromatic carbocycles. The van der Waals surface area contributed by atoms with Crippen molar-refractivity contribution in [1.82, 2.24) is 15.5 Å². The highest BCUT2D eigenvalue weighted by Gasteiger charge is 2.51. The Morgan fingerprint density at radius 2 is 1.49 bits per heavy atom. The zero-order valence-electron chi connectivity index (χ0n) is 30.5. The van der Waals surface area contributed by atoms with Crippen LogP contribution in [0.1, 0.15) is 87.2 Å². The van der Waals surface area contributed by atoms with Crippen LogP contribution in [0.5, 0.6) is 0 Å². The van der Waals surface area contributed by atoms with Crippen LogP contribution in [0.2, 0.25) is 0 Å². The molecule has 7 nitrogen and oxygen atoms in total. The fourth-order valence-electron chi connectivity index (χ4n) is 9.14.